The summed E-state index contributed by atoms with van der Waals surface area (Å²) < 4.78 is 17.6. The zero-order valence-electron chi connectivity index (χ0n) is 16.1. The number of fused-ring (bicyclic) bond motifs is 1. The summed E-state index contributed by atoms with van der Waals surface area (Å²) in [5.74, 6) is 0.763. The molecule has 2 fully saturated rings. The van der Waals surface area contributed by atoms with Gasteiger partial charge in [0.1, 0.15) is 5.52 Å². The first kappa shape index (κ1) is 18.0. The van der Waals surface area contributed by atoms with Crippen molar-refractivity contribution in [3.63, 3.8) is 0 Å². The minimum atomic E-state index is 0.0110. The molecule has 5 heteroatoms. The number of aromatic nitrogens is 1. The molecule has 0 amide bonds. The van der Waals surface area contributed by atoms with Crippen LogP contribution in [0.3, 0.4) is 0 Å². The van der Waals surface area contributed by atoms with Crippen LogP contribution in [0.1, 0.15) is 57.9 Å². The molecule has 0 bridgehead atoms. The van der Waals surface area contributed by atoms with Crippen LogP contribution in [0.15, 0.2) is 22.6 Å². The zero-order chi connectivity index (χ0) is 18.2. The molecule has 26 heavy (non-hydrogen) atoms. The smallest absolute Gasteiger partial charge is 0.209 e. The number of ether oxygens (including phenoxy) is 2. The van der Waals surface area contributed by atoms with Crippen molar-refractivity contribution in [2.75, 3.05) is 19.8 Å². The minimum absolute atomic E-state index is 0.0110. The van der Waals surface area contributed by atoms with Crippen molar-refractivity contribution >= 4 is 11.1 Å². The molecule has 0 unspecified atom stereocenters. The first-order valence-electron chi connectivity index (χ1n) is 9.79. The molecule has 1 aromatic carbocycles. The van der Waals surface area contributed by atoms with E-state index >= 15 is 0 Å². The van der Waals surface area contributed by atoms with E-state index in [1.54, 1.807) is 0 Å². The van der Waals surface area contributed by atoms with Crippen molar-refractivity contribution in [2.45, 2.75) is 70.1 Å². The van der Waals surface area contributed by atoms with E-state index in [2.05, 4.69) is 38.2 Å². The van der Waals surface area contributed by atoms with E-state index in [1.807, 2.05) is 6.07 Å². The summed E-state index contributed by atoms with van der Waals surface area (Å²) in [6.45, 7) is 9.76. The van der Waals surface area contributed by atoms with Crippen molar-refractivity contribution in [3.8, 4) is 0 Å². The Bertz CT molecular complexity index is 751. The number of oxazole rings is 1. The third-order valence-electron chi connectivity index (χ3n) is 5.74. The molecule has 3 heterocycles. The van der Waals surface area contributed by atoms with Gasteiger partial charge >= 0.3 is 0 Å². The molecule has 4 rings (SSSR count). The molecule has 0 radical (unpaired) electrons. The predicted molar refractivity (Wildman–Crippen MR) is 101 cm³/mol. The van der Waals surface area contributed by atoms with Crippen molar-refractivity contribution in [3.05, 3.63) is 29.7 Å². The molecule has 1 atom stereocenters. The SMILES string of the molecule is CC(C)(C)c1ccc2oc(CN[C@H]3CCOC4(CCOCC4)C3)nc2c1. The van der Waals surface area contributed by atoms with Gasteiger partial charge in [-0.1, -0.05) is 26.8 Å². The summed E-state index contributed by atoms with van der Waals surface area (Å²) in [4.78, 5) is 4.69. The summed E-state index contributed by atoms with van der Waals surface area (Å²) >= 11 is 0. The second-order valence-corrected chi connectivity index (χ2v) is 8.75. The lowest BCUT2D eigenvalue weighted by Crippen LogP contribution is -2.49. The fourth-order valence-electron chi connectivity index (χ4n) is 4.04. The average molecular weight is 358 g/mol. The van der Waals surface area contributed by atoms with Gasteiger partial charge in [-0.15, -0.1) is 0 Å². The maximum Gasteiger partial charge on any atom is 0.209 e. The predicted octanol–water partition coefficient (Wildman–Crippen LogP) is 3.94. The molecule has 1 spiro atoms. The topological polar surface area (TPSA) is 56.5 Å². The van der Waals surface area contributed by atoms with Crippen LogP contribution in [0.2, 0.25) is 0 Å². The molecule has 2 saturated heterocycles. The second kappa shape index (κ2) is 6.95. The Balaban J connectivity index is 1.41. The number of rotatable bonds is 3. The van der Waals surface area contributed by atoms with Crippen molar-refractivity contribution in [2.24, 2.45) is 0 Å². The summed E-state index contributed by atoms with van der Waals surface area (Å²) in [6, 6.07) is 6.77. The van der Waals surface area contributed by atoms with Crippen LogP contribution in [-0.2, 0) is 21.4 Å². The molecular weight excluding hydrogens is 328 g/mol. The average Bonchev–Trinajstić information content (AvgIpc) is 3.02. The van der Waals surface area contributed by atoms with Gasteiger partial charge in [0.25, 0.3) is 0 Å². The maximum atomic E-state index is 6.12. The number of benzene rings is 1. The molecule has 0 aliphatic carbocycles. The highest BCUT2D eigenvalue weighted by Crippen LogP contribution is 2.34. The van der Waals surface area contributed by atoms with Gasteiger partial charge in [-0.25, -0.2) is 4.98 Å². The monoisotopic (exact) mass is 358 g/mol. The van der Waals surface area contributed by atoms with Crippen molar-refractivity contribution in [1.29, 1.82) is 0 Å². The third-order valence-corrected chi connectivity index (χ3v) is 5.74. The quantitative estimate of drug-likeness (QED) is 0.900. The highest BCUT2D eigenvalue weighted by atomic mass is 16.5. The van der Waals surface area contributed by atoms with Crippen LogP contribution in [0.4, 0.5) is 0 Å². The van der Waals surface area contributed by atoms with Crippen LogP contribution < -0.4 is 5.32 Å². The summed E-state index contributed by atoms with van der Waals surface area (Å²) in [5.41, 5.74) is 3.22. The van der Waals surface area contributed by atoms with E-state index in [4.69, 9.17) is 18.9 Å². The largest absolute Gasteiger partial charge is 0.439 e. The number of hydrogen-bond acceptors (Lipinski definition) is 5. The summed E-state index contributed by atoms with van der Waals surface area (Å²) in [6.07, 6.45) is 4.09. The van der Waals surface area contributed by atoms with Crippen LogP contribution >= 0.6 is 0 Å². The highest BCUT2D eigenvalue weighted by molar-refractivity contribution is 5.73. The number of nitrogens with zero attached hydrogens (tertiary/aromatic N) is 1. The Morgan fingerprint density at radius 2 is 2.00 bits per heavy atom. The van der Waals surface area contributed by atoms with Crippen molar-refractivity contribution in [1.82, 2.24) is 10.3 Å². The zero-order valence-corrected chi connectivity index (χ0v) is 16.1. The fraction of sp³-hybridized carbons (Fsp3) is 0.667. The Morgan fingerprint density at radius 3 is 2.77 bits per heavy atom. The lowest BCUT2D eigenvalue weighted by atomic mass is 9.84. The van der Waals surface area contributed by atoms with Gasteiger partial charge < -0.3 is 19.2 Å². The summed E-state index contributed by atoms with van der Waals surface area (Å²) in [5, 5.41) is 3.64. The van der Waals surface area contributed by atoms with E-state index < -0.39 is 0 Å². The van der Waals surface area contributed by atoms with Crippen molar-refractivity contribution < 1.29 is 13.9 Å². The first-order valence-corrected chi connectivity index (χ1v) is 9.79. The second-order valence-electron chi connectivity index (χ2n) is 8.75. The summed E-state index contributed by atoms with van der Waals surface area (Å²) in [7, 11) is 0. The molecule has 0 saturated carbocycles. The van der Waals surface area contributed by atoms with E-state index in [1.165, 1.54) is 5.56 Å². The Labute approximate surface area is 155 Å². The normalized spacial score (nSPS) is 23.6. The standard InChI is InChI=1S/C21H30N2O3/c1-20(2,3)15-4-5-18-17(12-15)23-19(26-18)14-22-16-6-9-25-21(13-16)7-10-24-11-8-21/h4-5,12,16,22H,6-11,13-14H2,1-3H3/t16-/m0/s1. The number of nitrogens with one attached hydrogen (secondary N) is 1. The lowest BCUT2D eigenvalue weighted by molar-refractivity contribution is -0.140. The van der Waals surface area contributed by atoms with Gasteiger partial charge in [-0.3, -0.25) is 0 Å². The molecule has 2 aliphatic rings. The van der Waals surface area contributed by atoms with Crippen LogP contribution in [0, 0.1) is 0 Å². The van der Waals surface area contributed by atoms with E-state index in [0.717, 1.165) is 62.5 Å². The molecule has 5 nitrogen and oxygen atoms in total. The van der Waals surface area contributed by atoms with E-state index in [9.17, 15) is 0 Å². The lowest BCUT2D eigenvalue weighted by Gasteiger charge is -2.43. The van der Waals surface area contributed by atoms with Gasteiger partial charge in [0.15, 0.2) is 5.58 Å². The molecular formula is C21H30N2O3. The van der Waals surface area contributed by atoms with Gasteiger partial charge in [-0.05, 0) is 48.8 Å². The molecule has 2 aliphatic heterocycles. The Morgan fingerprint density at radius 1 is 1.19 bits per heavy atom. The minimum Gasteiger partial charge on any atom is -0.439 e. The molecule has 1 aromatic heterocycles. The molecule has 142 valence electrons. The molecule has 2 aromatic rings. The van der Waals surface area contributed by atoms with E-state index in [-0.39, 0.29) is 11.0 Å². The van der Waals surface area contributed by atoms with Gasteiger partial charge in [0.2, 0.25) is 5.89 Å². The fourth-order valence-corrected chi connectivity index (χ4v) is 4.04. The Kier molecular flexibility index (Phi) is 4.80. The van der Waals surface area contributed by atoms with Gasteiger partial charge in [0.05, 0.1) is 12.1 Å². The maximum absolute atomic E-state index is 6.12. The molecule has 1 N–H and O–H groups in total. The highest BCUT2D eigenvalue weighted by Gasteiger charge is 2.38. The van der Waals surface area contributed by atoms with Crippen LogP contribution in [-0.4, -0.2) is 36.4 Å². The Hall–Kier alpha value is -1.43. The third kappa shape index (κ3) is 3.80. The van der Waals surface area contributed by atoms with E-state index in [0.29, 0.717) is 12.6 Å². The first-order chi connectivity index (χ1) is 12.4. The van der Waals surface area contributed by atoms with Gasteiger partial charge in [-0.2, -0.15) is 0 Å². The van der Waals surface area contributed by atoms with Crippen LogP contribution in [0.25, 0.3) is 11.1 Å². The van der Waals surface area contributed by atoms with Crippen LogP contribution in [0.5, 0.6) is 0 Å². The number of hydrogen-bond donors (Lipinski definition) is 1. The van der Waals surface area contributed by atoms with Gasteiger partial charge in [0, 0.05) is 25.9 Å².